The summed E-state index contributed by atoms with van der Waals surface area (Å²) in [7, 11) is 0. The van der Waals surface area contributed by atoms with Gasteiger partial charge in [0.1, 0.15) is 25.2 Å². The number of rotatable bonds is 8. The van der Waals surface area contributed by atoms with E-state index in [1.54, 1.807) is 12.1 Å². The van der Waals surface area contributed by atoms with E-state index in [4.69, 9.17) is 14.2 Å². The molecule has 0 aliphatic heterocycles. The maximum absolute atomic E-state index is 11.0. The Morgan fingerprint density at radius 3 is 2.25 bits per heavy atom. The maximum Gasteiger partial charge on any atom is 0.175 e. The van der Waals surface area contributed by atoms with Gasteiger partial charge in [0.2, 0.25) is 0 Å². The van der Waals surface area contributed by atoms with Crippen molar-refractivity contribution in [1.82, 2.24) is 0 Å². The Bertz CT molecular complexity index is 693. The summed E-state index contributed by atoms with van der Waals surface area (Å²) >= 11 is 3.42. The van der Waals surface area contributed by atoms with Crippen molar-refractivity contribution in [2.45, 2.75) is 20.8 Å². The molecule has 2 aromatic rings. The van der Waals surface area contributed by atoms with Crippen molar-refractivity contribution in [1.29, 1.82) is 0 Å². The highest BCUT2D eigenvalue weighted by Gasteiger charge is 2.12. The van der Waals surface area contributed by atoms with Crippen LogP contribution in [0.5, 0.6) is 17.2 Å². The van der Waals surface area contributed by atoms with E-state index in [0.717, 1.165) is 23.2 Å². The first-order valence-electron chi connectivity index (χ1n) is 7.79. The molecule has 2 rings (SSSR count). The highest BCUT2D eigenvalue weighted by molar-refractivity contribution is 9.10. The molecular weight excluding hydrogens is 372 g/mol. The molecule has 0 fully saturated rings. The fraction of sp³-hybridized carbons (Fsp3) is 0.316. The predicted molar refractivity (Wildman–Crippen MR) is 97.6 cm³/mol. The smallest absolute Gasteiger partial charge is 0.175 e. The molecule has 0 saturated heterocycles. The van der Waals surface area contributed by atoms with Gasteiger partial charge in [0.25, 0.3) is 0 Å². The fourth-order valence-electron chi connectivity index (χ4n) is 2.38. The normalized spacial score (nSPS) is 10.3. The number of carbonyl (C=O) groups excluding carboxylic acids is 1. The van der Waals surface area contributed by atoms with Crippen LogP contribution >= 0.6 is 15.9 Å². The average molecular weight is 393 g/mol. The first-order valence-corrected chi connectivity index (χ1v) is 8.58. The van der Waals surface area contributed by atoms with Crippen LogP contribution in [0.4, 0.5) is 0 Å². The van der Waals surface area contributed by atoms with Crippen LogP contribution in [0.2, 0.25) is 0 Å². The predicted octanol–water partition coefficient (Wildman–Crippen LogP) is 4.73. The molecule has 0 heterocycles. The van der Waals surface area contributed by atoms with Gasteiger partial charge >= 0.3 is 0 Å². The first-order chi connectivity index (χ1) is 11.5. The van der Waals surface area contributed by atoms with E-state index >= 15 is 0 Å². The summed E-state index contributed by atoms with van der Waals surface area (Å²) in [5.41, 5.74) is 2.86. The second kappa shape index (κ2) is 8.73. The molecule has 4 nitrogen and oxygen atoms in total. The number of hydrogen-bond acceptors (Lipinski definition) is 4. The van der Waals surface area contributed by atoms with Gasteiger partial charge < -0.3 is 14.2 Å². The van der Waals surface area contributed by atoms with E-state index in [0.29, 0.717) is 41.4 Å². The third kappa shape index (κ3) is 4.99. The summed E-state index contributed by atoms with van der Waals surface area (Å²) in [6.07, 6.45) is 0.778. The minimum absolute atomic E-state index is 0.367. The van der Waals surface area contributed by atoms with Gasteiger partial charge in [-0.25, -0.2) is 0 Å². The molecule has 0 saturated carbocycles. The van der Waals surface area contributed by atoms with E-state index in [-0.39, 0.29) is 0 Å². The van der Waals surface area contributed by atoms with Crippen molar-refractivity contribution in [3.63, 3.8) is 0 Å². The van der Waals surface area contributed by atoms with Gasteiger partial charge in [-0.2, -0.15) is 0 Å². The second-order valence-electron chi connectivity index (χ2n) is 5.40. The summed E-state index contributed by atoms with van der Waals surface area (Å²) in [6.45, 7) is 7.23. The number of ether oxygens (including phenoxy) is 3. The largest absolute Gasteiger partial charge is 0.490 e. The molecular formula is C19H21BrO4. The molecule has 5 heteroatoms. The molecule has 0 amide bonds. The number of hydrogen-bond donors (Lipinski definition) is 0. The zero-order valence-corrected chi connectivity index (χ0v) is 15.7. The topological polar surface area (TPSA) is 44.8 Å². The quantitative estimate of drug-likeness (QED) is 0.480. The molecule has 0 aromatic heterocycles. The van der Waals surface area contributed by atoms with Crippen LogP contribution in [-0.4, -0.2) is 26.1 Å². The molecule has 24 heavy (non-hydrogen) atoms. The molecule has 0 N–H and O–H groups in total. The van der Waals surface area contributed by atoms with Gasteiger partial charge in [0.05, 0.1) is 11.1 Å². The standard InChI is InChI=1S/C19H21BrO4/c1-4-22-18-11-15(12-21)10-17(20)19(18)24-6-5-23-16-8-13(2)7-14(3)9-16/h7-12H,4-6H2,1-3H3. The lowest BCUT2D eigenvalue weighted by Gasteiger charge is -2.15. The van der Waals surface area contributed by atoms with Crippen molar-refractivity contribution in [3.8, 4) is 17.2 Å². The van der Waals surface area contributed by atoms with Gasteiger partial charge in [-0.15, -0.1) is 0 Å². The SMILES string of the molecule is CCOc1cc(C=O)cc(Br)c1OCCOc1cc(C)cc(C)c1. The zero-order chi connectivity index (χ0) is 17.5. The van der Waals surface area contributed by atoms with Gasteiger partial charge in [0, 0.05) is 5.56 Å². The lowest BCUT2D eigenvalue weighted by molar-refractivity contribution is 0.112. The molecule has 2 aromatic carbocycles. The summed E-state index contributed by atoms with van der Waals surface area (Å²) < 4.78 is 17.8. The van der Waals surface area contributed by atoms with E-state index in [2.05, 4.69) is 22.0 Å². The summed E-state index contributed by atoms with van der Waals surface area (Å²) in [6, 6.07) is 9.46. The van der Waals surface area contributed by atoms with E-state index < -0.39 is 0 Å². The van der Waals surface area contributed by atoms with E-state index in [1.807, 2.05) is 32.9 Å². The van der Waals surface area contributed by atoms with Crippen LogP contribution < -0.4 is 14.2 Å². The molecule has 0 atom stereocenters. The molecule has 0 bridgehead atoms. The number of aryl methyl sites for hydroxylation is 2. The van der Waals surface area contributed by atoms with Crippen LogP contribution in [0, 0.1) is 13.8 Å². The average Bonchev–Trinajstić information content (AvgIpc) is 2.52. The Hall–Kier alpha value is -2.01. The molecule has 0 unspecified atom stereocenters. The highest BCUT2D eigenvalue weighted by Crippen LogP contribution is 2.36. The van der Waals surface area contributed by atoms with Crippen LogP contribution in [0.25, 0.3) is 0 Å². The minimum Gasteiger partial charge on any atom is -0.490 e. The number of halogens is 1. The van der Waals surface area contributed by atoms with Crippen molar-refractivity contribution in [3.05, 3.63) is 51.5 Å². The second-order valence-corrected chi connectivity index (χ2v) is 6.26. The van der Waals surface area contributed by atoms with Gasteiger partial charge in [-0.1, -0.05) is 6.07 Å². The van der Waals surface area contributed by atoms with Crippen molar-refractivity contribution in [2.75, 3.05) is 19.8 Å². The molecule has 0 spiro atoms. The van der Waals surface area contributed by atoms with E-state index in [1.165, 1.54) is 0 Å². The van der Waals surface area contributed by atoms with Crippen LogP contribution in [0.3, 0.4) is 0 Å². The van der Waals surface area contributed by atoms with Crippen LogP contribution in [0.15, 0.2) is 34.8 Å². The third-order valence-electron chi connectivity index (χ3n) is 3.26. The molecule has 0 aliphatic rings. The van der Waals surface area contributed by atoms with Gasteiger partial charge in [-0.3, -0.25) is 4.79 Å². The summed E-state index contributed by atoms with van der Waals surface area (Å²) in [5.74, 6) is 1.95. The Kier molecular flexibility index (Phi) is 6.67. The summed E-state index contributed by atoms with van der Waals surface area (Å²) in [4.78, 5) is 11.0. The highest BCUT2D eigenvalue weighted by atomic mass is 79.9. The van der Waals surface area contributed by atoms with Crippen molar-refractivity contribution in [2.24, 2.45) is 0 Å². The Morgan fingerprint density at radius 2 is 1.62 bits per heavy atom. The van der Waals surface area contributed by atoms with Crippen molar-refractivity contribution >= 4 is 22.2 Å². The number of benzene rings is 2. The Labute approximate surface area is 150 Å². The lowest BCUT2D eigenvalue weighted by Crippen LogP contribution is -2.10. The minimum atomic E-state index is 0.367. The van der Waals surface area contributed by atoms with E-state index in [9.17, 15) is 4.79 Å². The molecule has 128 valence electrons. The monoisotopic (exact) mass is 392 g/mol. The fourth-order valence-corrected chi connectivity index (χ4v) is 2.95. The van der Waals surface area contributed by atoms with Crippen LogP contribution in [0.1, 0.15) is 28.4 Å². The number of aldehydes is 1. The summed E-state index contributed by atoms with van der Waals surface area (Å²) in [5, 5.41) is 0. The molecule has 0 radical (unpaired) electrons. The number of carbonyl (C=O) groups is 1. The van der Waals surface area contributed by atoms with Crippen LogP contribution in [-0.2, 0) is 0 Å². The maximum atomic E-state index is 11.0. The van der Waals surface area contributed by atoms with Gasteiger partial charge in [0.15, 0.2) is 11.5 Å². The first kappa shape index (κ1) is 18.3. The van der Waals surface area contributed by atoms with Gasteiger partial charge in [-0.05, 0) is 72.1 Å². The van der Waals surface area contributed by atoms with Crippen molar-refractivity contribution < 1.29 is 19.0 Å². The third-order valence-corrected chi connectivity index (χ3v) is 3.85. The Balaban J connectivity index is 1.99. The Morgan fingerprint density at radius 1 is 0.958 bits per heavy atom. The lowest BCUT2D eigenvalue weighted by atomic mass is 10.1. The molecule has 0 aliphatic carbocycles. The zero-order valence-electron chi connectivity index (χ0n) is 14.1.